The molecule has 0 saturated heterocycles. The molecule has 3 aromatic carbocycles. The first-order valence-corrected chi connectivity index (χ1v) is 11.9. The Kier molecular flexibility index (Phi) is 7.53. The molecule has 3 rings (SSSR count). The molecule has 0 fully saturated rings. The number of hydrogen-bond donors (Lipinski definition) is 2. The molecule has 0 aromatic heterocycles. The van der Waals surface area contributed by atoms with Gasteiger partial charge in [0, 0.05) is 12.1 Å². The highest BCUT2D eigenvalue weighted by Gasteiger charge is 2.15. The van der Waals surface area contributed by atoms with E-state index < -0.39 is 10.0 Å². The van der Waals surface area contributed by atoms with E-state index >= 15 is 0 Å². The van der Waals surface area contributed by atoms with Gasteiger partial charge in [0.2, 0.25) is 5.91 Å². The molecule has 2 N–H and O–H groups in total. The lowest BCUT2D eigenvalue weighted by Crippen LogP contribution is -2.26. The highest BCUT2D eigenvalue weighted by molar-refractivity contribution is 7.92. The molecule has 1 unspecified atom stereocenters. The van der Waals surface area contributed by atoms with Crippen LogP contribution < -0.4 is 14.8 Å². The molecule has 7 heteroatoms. The quantitative estimate of drug-likeness (QED) is 0.496. The van der Waals surface area contributed by atoms with Crippen molar-refractivity contribution in [1.29, 1.82) is 0 Å². The average Bonchev–Trinajstić information content (AvgIpc) is 2.79. The van der Waals surface area contributed by atoms with Gasteiger partial charge in [0.25, 0.3) is 10.0 Å². The van der Waals surface area contributed by atoms with Gasteiger partial charge in [0.05, 0.1) is 18.0 Å². The molecule has 0 heterocycles. The second kappa shape index (κ2) is 10.3. The highest BCUT2D eigenvalue weighted by Crippen LogP contribution is 2.19. The monoisotopic (exact) mass is 452 g/mol. The molecule has 0 bridgehead atoms. The van der Waals surface area contributed by atoms with Crippen molar-refractivity contribution in [1.82, 2.24) is 5.32 Å². The smallest absolute Gasteiger partial charge is 0.261 e. The normalized spacial score (nSPS) is 12.1. The van der Waals surface area contributed by atoms with E-state index in [1.54, 1.807) is 43.5 Å². The molecule has 0 radical (unpaired) electrons. The van der Waals surface area contributed by atoms with Crippen LogP contribution in [0.5, 0.6) is 5.75 Å². The Hall–Kier alpha value is -3.32. The molecule has 0 saturated carbocycles. The molecule has 6 nitrogen and oxygen atoms in total. The second-order valence-corrected chi connectivity index (χ2v) is 9.36. The SMILES string of the molecule is COc1ccc(C(C)NC(=O)CCc2ccc(S(=O)(=O)Nc3ccc(C)cc3)cc2)cc1. The molecule has 1 amide bonds. The summed E-state index contributed by atoms with van der Waals surface area (Å²) in [5.74, 6) is 0.706. The summed E-state index contributed by atoms with van der Waals surface area (Å²) in [5, 5.41) is 2.99. The Morgan fingerprint density at radius 2 is 1.56 bits per heavy atom. The number of hydrogen-bond acceptors (Lipinski definition) is 4. The number of amides is 1. The first-order valence-electron chi connectivity index (χ1n) is 10.4. The number of rotatable bonds is 9. The number of ether oxygens (including phenoxy) is 1. The summed E-state index contributed by atoms with van der Waals surface area (Å²) in [6.07, 6.45) is 0.834. The van der Waals surface area contributed by atoms with Crippen molar-refractivity contribution in [3.8, 4) is 5.75 Å². The maximum absolute atomic E-state index is 12.6. The molecule has 0 aliphatic carbocycles. The summed E-state index contributed by atoms with van der Waals surface area (Å²) >= 11 is 0. The number of benzene rings is 3. The summed E-state index contributed by atoms with van der Waals surface area (Å²) in [6.45, 7) is 3.87. The average molecular weight is 453 g/mol. The molecular weight excluding hydrogens is 424 g/mol. The number of aryl methyl sites for hydroxylation is 2. The fraction of sp³-hybridized carbons (Fsp3) is 0.240. The third-order valence-electron chi connectivity index (χ3n) is 5.17. The number of anilines is 1. The first kappa shape index (κ1) is 23.3. The Balaban J connectivity index is 1.53. The Bertz CT molecular complexity index is 1140. The number of sulfonamides is 1. The van der Waals surface area contributed by atoms with E-state index in [4.69, 9.17) is 4.74 Å². The van der Waals surface area contributed by atoms with Gasteiger partial charge in [-0.2, -0.15) is 0 Å². The van der Waals surface area contributed by atoms with Gasteiger partial charge >= 0.3 is 0 Å². The Morgan fingerprint density at radius 1 is 0.938 bits per heavy atom. The van der Waals surface area contributed by atoms with E-state index in [0.29, 0.717) is 18.5 Å². The zero-order chi connectivity index (χ0) is 23.1. The first-order chi connectivity index (χ1) is 15.3. The summed E-state index contributed by atoms with van der Waals surface area (Å²) < 4.78 is 32.9. The predicted molar refractivity (Wildman–Crippen MR) is 126 cm³/mol. The van der Waals surface area contributed by atoms with Gasteiger partial charge in [0.1, 0.15) is 5.75 Å². The molecule has 3 aromatic rings. The van der Waals surface area contributed by atoms with Crippen LogP contribution in [0.15, 0.2) is 77.7 Å². The number of carbonyl (C=O) groups excluding carboxylic acids is 1. The van der Waals surface area contributed by atoms with Crippen LogP contribution in [-0.4, -0.2) is 21.4 Å². The summed E-state index contributed by atoms with van der Waals surface area (Å²) in [5.41, 5.74) is 3.46. The van der Waals surface area contributed by atoms with E-state index in [-0.39, 0.29) is 16.8 Å². The van der Waals surface area contributed by atoms with Gasteiger partial charge in [-0.3, -0.25) is 9.52 Å². The molecule has 0 aliphatic rings. The van der Waals surface area contributed by atoms with Crippen LogP contribution in [0.2, 0.25) is 0 Å². The largest absolute Gasteiger partial charge is 0.497 e. The van der Waals surface area contributed by atoms with Crippen molar-refractivity contribution in [2.24, 2.45) is 0 Å². The van der Waals surface area contributed by atoms with E-state index in [2.05, 4.69) is 10.0 Å². The third kappa shape index (κ3) is 6.34. The van der Waals surface area contributed by atoms with E-state index in [1.807, 2.05) is 50.2 Å². The topological polar surface area (TPSA) is 84.5 Å². The summed E-state index contributed by atoms with van der Waals surface area (Å²) in [6, 6.07) is 21.2. The maximum atomic E-state index is 12.6. The Morgan fingerprint density at radius 3 is 2.16 bits per heavy atom. The molecule has 168 valence electrons. The fourth-order valence-electron chi connectivity index (χ4n) is 3.22. The van der Waals surface area contributed by atoms with Crippen LogP contribution in [0, 0.1) is 6.92 Å². The summed E-state index contributed by atoms with van der Waals surface area (Å²) in [4.78, 5) is 12.5. The summed E-state index contributed by atoms with van der Waals surface area (Å²) in [7, 11) is -2.05. The van der Waals surface area contributed by atoms with Gasteiger partial charge in [-0.15, -0.1) is 0 Å². The maximum Gasteiger partial charge on any atom is 0.261 e. The zero-order valence-corrected chi connectivity index (χ0v) is 19.3. The Labute approximate surface area is 189 Å². The lowest BCUT2D eigenvalue weighted by molar-refractivity contribution is -0.121. The third-order valence-corrected chi connectivity index (χ3v) is 6.57. The van der Waals surface area contributed by atoms with Crippen molar-refractivity contribution in [3.05, 3.63) is 89.5 Å². The minimum atomic E-state index is -3.66. The van der Waals surface area contributed by atoms with E-state index in [0.717, 1.165) is 22.4 Å². The minimum absolute atomic E-state index is 0.0638. The fourth-order valence-corrected chi connectivity index (χ4v) is 4.28. The van der Waals surface area contributed by atoms with Crippen LogP contribution in [-0.2, 0) is 21.2 Å². The lowest BCUT2D eigenvalue weighted by Gasteiger charge is -2.15. The standard InChI is InChI=1S/C25H28N2O4S/c1-18-4-11-22(12-5-18)27-32(29,30)24-15-6-20(7-16-24)8-17-25(28)26-19(2)21-9-13-23(31-3)14-10-21/h4-7,9-16,19,27H,8,17H2,1-3H3,(H,26,28). The van der Waals surface area contributed by atoms with Gasteiger partial charge in [-0.1, -0.05) is 42.0 Å². The molecule has 32 heavy (non-hydrogen) atoms. The van der Waals surface area contributed by atoms with Crippen molar-refractivity contribution < 1.29 is 17.9 Å². The van der Waals surface area contributed by atoms with Crippen LogP contribution >= 0.6 is 0 Å². The second-order valence-electron chi connectivity index (χ2n) is 7.68. The van der Waals surface area contributed by atoms with Crippen molar-refractivity contribution >= 4 is 21.6 Å². The molecular formula is C25H28N2O4S. The van der Waals surface area contributed by atoms with Crippen molar-refractivity contribution in [2.45, 2.75) is 37.6 Å². The highest BCUT2D eigenvalue weighted by atomic mass is 32.2. The van der Waals surface area contributed by atoms with Crippen LogP contribution in [0.25, 0.3) is 0 Å². The molecule has 0 spiro atoms. The van der Waals surface area contributed by atoms with E-state index in [9.17, 15) is 13.2 Å². The zero-order valence-electron chi connectivity index (χ0n) is 18.5. The lowest BCUT2D eigenvalue weighted by atomic mass is 10.1. The van der Waals surface area contributed by atoms with Crippen LogP contribution in [0.4, 0.5) is 5.69 Å². The van der Waals surface area contributed by atoms with Crippen LogP contribution in [0.3, 0.4) is 0 Å². The minimum Gasteiger partial charge on any atom is -0.497 e. The molecule has 0 aliphatic heterocycles. The van der Waals surface area contributed by atoms with Crippen LogP contribution in [0.1, 0.15) is 36.1 Å². The van der Waals surface area contributed by atoms with Gasteiger partial charge < -0.3 is 10.1 Å². The molecule has 1 atom stereocenters. The van der Waals surface area contributed by atoms with Crippen molar-refractivity contribution in [3.63, 3.8) is 0 Å². The predicted octanol–water partition coefficient (Wildman–Crippen LogP) is 4.61. The van der Waals surface area contributed by atoms with Gasteiger partial charge in [-0.05, 0) is 67.8 Å². The number of methoxy groups -OCH3 is 1. The van der Waals surface area contributed by atoms with Gasteiger partial charge in [0.15, 0.2) is 0 Å². The van der Waals surface area contributed by atoms with E-state index in [1.165, 1.54) is 0 Å². The number of nitrogens with one attached hydrogen (secondary N) is 2. The van der Waals surface area contributed by atoms with Gasteiger partial charge in [-0.25, -0.2) is 8.42 Å². The van der Waals surface area contributed by atoms with Crippen molar-refractivity contribution in [2.75, 3.05) is 11.8 Å². The number of carbonyl (C=O) groups is 1.